The average Bonchev–Trinajstić information content (AvgIpc) is 2.96. The summed E-state index contributed by atoms with van der Waals surface area (Å²) in [5.41, 5.74) is 6.36. The van der Waals surface area contributed by atoms with Crippen LogP contribution >= 0.6 is 11.3 Å². The number of hydrogen-bond donors (Lipinski definition) is 1. The fourth-order valence-electron chi connectivity index (χ4n) is 2.04. The number of nitrogens with zero attached hydrogens (tertiary/aromatic N) is 3. The van der Waals surface area contributed by atoms with Gasteiger partial charge in [-0.3, -0.25) is 0 Å². The van der Waals surface area contributed by atoms with Crippen LogP contribution < -0.4 is 15.4 Å². The first-order chi connectivity index (χ1) is 10.2. The molecular weight excluding hydrogens is 292 g/mol. The Balaban J connectivity index is 1.81. The Labute approximate surface area is 125 Å². The van der Waals surface area contributed by atoms with Gasteiger partial charge in [-0.1, -0.05) is 17.4 Å². The second-order valence-corrected chi connectivity index (χ2v) is 5.22. The lowest BCUT2D eigenvalue weighted by Crippen LogP contribution is -2.36. The van der Waals surface area contributed by atoms with E-state index in [0.717, 1.165) is 24.6 Å². The zero-order valence-electron chi connectivity index (χ0n) is 11.2. The second-order valence-electron chi connectivity index (χ2n) is 4.40. The number of aromatic nitrogens is 2. The lowest BCUT2D eigenvalue weighted by Gasteiger charge is -2.27. The molecule has 1 amide bonds. The summed E-state index contributed by atoms with van der Waals surface area (Å²) in [6.07, 6.45) is -0.870. The predicted molar refractivity (Wildman–Crippen MR) is 78.6 cm³/mol. The molecule has 0 aromatic carbocycles. The van der Waals surface area contributed by atoms with Crippen LogP contribution in [0.2, 0.25) is 0 Å². The number of rotatable bonds is 3. The normalized spacial score (nSPS) is 15.0. The minimum atomic E-state index is -0.870. The van der Waals surface area contributed by atoms with Gasteiger partial charge in [0.25, 0.3) is 5.19 Å². The molecule has 3 rings (SSSR count). The number of nitrogens with two attached hydrogens (primary N) is 1. The third-order valence-electron chi connectivity index (χ3n) is 3.00. The second kappa shape index (κ2) is 6.06. The first kappa shape index (κ1) is 13.8. The van der Waals surface area contributed by atoms with Gasteiger partial charge in [-0.05, 0) is 12.1 Å². The van der Waals surface area contributed by atoms with Crippen molar-refractivity contribution in [1.29, 1.82) is 0 Å². The van der Waals surface area contributed by atoms with Crippen molar-refractivity contribution in [2.75, 3.05) is 31.2 Å². The van der Waals surface area contributed by atoms with Crippen LogP contribution in [0.25, 0.3) is 11.4 Å². The van der Waals surface area contributed by atoms with Crippen LogP contribution in [-0.4, -0.2) is 42.4 Å². The molecule has 21 heavy (non-hydrogen) atoms. The third kappa shape index (κ3) is 3.29. The van der Waals surface area contributed by atoms with Crippen molar-refractivity contribution in [3.05, 3.63) is 23.6 Å². The molecule has 0 aliphatic carbocycles. The van der Waals surface area contributed by atoms with Crippen LogP contribution in [0.4, 0.5) is 10.6 Å². The van der Waals surface area contributed by atoms with Gasteiger partial charge in [-0.15, -0.1) is 0 Å². The van der Waals surface area contributed by atoms with E-state index in [2.05, 4.69) is 14.9 Å². The molecule has 1 fully saturated rings. The first-order valence-electron chi connectivity index (χ1n) is 6.45. The van der Waals surface area contributed by atoms with Crippen molar-refractivity contribution < 1.29 is 14.3 Å². The van der Waals surface area contributed by atoms with E-state index in [0.29, 0.717) is 18.9 Å². The number of pyridine rings is 1. The van der Waals surface area contributed by atoms with E-state index in [1.165, 1.54) is 11.3 Å². The highest BCUT2D eigenvalue weighted by Crippen LogP contribution is 2.26. The molecule has 2 aromatic rings. The molecule has 0 saturated carbocycles. The number of thiazole rings is 1. The maximum absolute atomic E-state index is 10.7. The van der Waals surface area contributed by atoms with E-state index < -0.39 is 6.09 Å². The molecular formula is C13H14N4O3S. The fourth-order valence-corrected chi connectivity index (χ4v) is 2.71. The fraction of sp³-hybridized carbons (Fsp3) is 0.308. The summed E-state index contributed by atoms with van der Waals surface area (Å²) in [4.78, 5) is 21.7. The number of carbonyl (C=O) groups excluding carboxylic acids is 1. The van der Waals surface area contributed by atoms with Crippen LogP contribution in [0.5, 0.6) is 5.19 Å². The number of anilines is 1. The van der Waals surface area contributed by atoms with Gasteiger partial charge in [-0.25, -0.2) is 14.8 Å². The van der Waals surface area contributed by atoms with Crippen molar-refractivity contribution in [3.8, 4) is 16.6 Å². The zero-order chi connectivity index (χ0) is 14.7. The van der Waals surface area contributed by atoms with Gasteiger partial charge in [-0.2, -0.15) is 0 Å². The lowest BCUT2D eigenvalue weighted by molar-refractivity contribution is 0.122. The highest BCUT2D eigenvalue weighted by atomic mass is 32.1. The van der Waals surface area contributed by atoms with E-state index in [4.69, 9.17) is 15.2 Å². The Bertz CT molecular complexity index is 640. The minimum absolute atomic E-state index is 0.219. The van der Waals surface area contributed by atoms with Crippen molar-refractivity contribution >= 4 is 23.2 Å². The van der Waals surface area contributed by atoms with Crippen molar-refractivity contribution in [1.82, 2.24) is 9.97 Å². The molecule has 1 aliphatic rings. The molecule has 0 bridgehead atoms. The van der Waals surface area contributed by atoms with Crippen LogP contribution in [0, 0.1) is 0 Å². The monoisotopic (exact) mass is 306 g/mol. The summed E-state index contributed by atoms with van der Waals surface area (Å²) in [6.45, 7) is 3.06. The molecule has 2 aromatic heterocycles. The summed E-state index contributed by atoms with van der Waals surface area (Å²) in [5, 5.41) is 2.00. The predicted octanol–water partition coefficient (Wildman–Crippen LogP) is 1.50. The molecule has 0 atom stereocenters. The largest absolute Gasteiger partial charge is 0.411 e. The maximum Gasteiger partial charge on any atom is 0.411 e. The summed E-state index contributed by atoms with van der Waals surface area (Å²) >= 11 is 1.21. The quantitative estimate of drug-likeness (QED) is 0.924. The Morgan fingerprint density at radius 1 is 1.29 bits per heavy atom. The molecule has 8 heteroatoms. The van der Waals surface area contributed by atoms with Crippen molar-refractivity contribution in [3.63, 3.8) is 0 Å². The summed E-state index contributed by atoms with van der Waals surface area (Å²) < 4.78 is 10.1. The molecule has 0 radical (unpaired) electrons. The summed E-state index contributed by atoms with van der Waals surface area (Å²) in [5.74, 6) is 0.890. The van der Waals surface area contributed by atoms with Gasteiger partial charge < -0.3 is 20.1 Å². The Morgan fingerprint density at radius 3 is 2.86 bits per heavy atom. The summed E-state index contributed by atoms with van der Waals surface area (Å²) in [7, 11) is 0. The highest BCUT2D eigenvalue weighted by Gasteiger charge is 2.14. The van der Waals surface area contributed by atoms with E-state index in [9.17, 15) is 4.79 Å². The van der Waals surface area contributed by atoms with Gasteiger partial charge >= 0.3 is 6.09 Å². The van der Waals surface area contributed by atoms with Crippen LogP contribution in [-0.2, 0) is 4.74 Å². The Morgan fingerprint density at radius 2 is 2.10 bits per heavy atom. The van der Waals surface area contributed by atoms with E-state index in [1.807, 2.05) is 18.2 Å². The molecule has 110 valence electrons. The average molecular weight is 306 g/mol. The number of hydrogen-bond acceptors (Lipinski definition) is 7. The van der Waals surface area contributed by atoms with Gasteiger partial charge in [0, 0.05) is 18.5 Å². The van der Waals surface area contributed by atoms with Crippen LogP contribution in [0.3, 0.4) is 0 Å². The zero-order valence-corrected chi connectivity index (χ0v) is 12.0. The number of morpholine rings is 1. The standard InChI is InChI=1S/C13H14N4O3S/c14-12(18)20-13-16-10(8-21-13)9-2-1-3-11(15-9)17-4-6-19-7-5-17/h1-3,8H,4-7H2,(H2,14,18). The van der Waals surface area contributed by atoms with Gasteiger partial charge in [0.2, 0.25) is 0 Å². The van der Waals surface area contributed by atoms with E-state index in [-0.39, 0.29) is 5.19 Å². The SMILES string of the molecule is NC(=O)Oc1nc(-c2cccc(N3CCOCC3)n2)cs1. The molecule has 0 unspecified atom stereocenters. The number of primary amides is 1. The molecule has 1 saturated heterocycles. The van der Waals surface area contributed by atoms with Gasteiger partial charge in [0.1, 0.15) is 11.5 Å². The van der Waals surface area contributed by atoms with Crippen molar-refractivity contribution in [2.24, 2.45) is 5.73 Å². The highest BCUT2D eigenvalue weighted by molar-refractivity contribution is 7.11. The molecule has 7 nitrogen and oxygen atoms in total. The molecule has 1 aliphatic heterocycles. The molecule has 2 N–H and O–H groups in total. The number of amides is 1. The van der Waals surface area contributed by atoms with Gasteiger partial charge in [0.15, 0.2) is 0 Å². The van der Waals surface area contributed by atoms with Crippen LogP contribution in [0.15, 0.2) is 23.6 Å². The van der Waals surface area contributed by atoms with Gasteiger partial charge in [0.05, 0.1) is 18.9 Å². The summed E-state index contributed by atoms with van der Waals surface area (Å²) in [6, 6.07) is 5.76. The van der Waals surface area contributed by atoms with E-state index >= 15 is 0 Å². The Hall–Kier alpha value is -2.19. The van der Waals surface area contributed by atoms with Crippen molar-refractivity contribution in [2.45, 2.75) is 0 Å². The molecule has 3 heterocycles. The lowest BCUT2D eigenvalue weighted by atomic mass is 10.3. The Kier molecular flexibility index (Phi) is 3.98. The minimum Gasteiger partial charge on any atom is -0.381 e. The third-order valence-corrected chi connectivity index (χ3v) is 3.72. The topological polar surface area (TPSA) is 90.6 Å². The smallest absolute Gasteiger partial charge is 0.381 e. The maximum atomic E-state index is 10.7. The first-order valence-corrected chi connectivity index (χ1v) is 7.33. The van der Waals surface area contributed by atoms with Crippen LogP contribution in [0.1, 0.15) is 0 Å². The number of ether oxygens (including phenoxy) is 2. The van der Waals surface area contributed by atoms with E-state index in [1.54, 1.807) is 5.38 Å². The molecule has 0 spiro atoms. The number of carbonyl (C=O) groups is 1.